The summed E-state index contributed by atoms with van der Waals surface area (Å²) in [6.07, 6.45) is 7.36. The summed E-state index contributed by atoms with van der Waals surface area (Å²) in [5.41, 5.74) is 2.28. The van der Waals surface area contributed by atoms with Gasteiger partial charge in [-0.1, -0.05) is 12.1 Å². The van der Waals surface area contributed by atoms with Gasteiger partial charge in [-0.05, 0) is 42.7 Å². The van der Waals surface area contributed by atoms with Crippen LogP contribution in [0.1, 0.15) is 18.4 Å². The Hall–Kier alpha value is -2.80. The first-order valence-electron chi connectivity index (χ1n) is 8.59. The largest absolute Gasteiger partial charge is 0.351 e. The summed E-state index contributed by atoms with van der Waals surface area (Å²) >= 11 is 0. The maximum atomic E-state index is 4.25. The van der Waals surface area contributed by atoms with Crippen molar-refractivity contribution in [1.29, 1.82) is 0 Å². The molecule has 1 aliphatic heterocycles. The molecule has 3 aromatic rings. The molecule has 4 rings (SSSR count). The van der Waals surface area contributed by atoms with Gasteiger partial charge in [-0.15, -0.1) is 5.10 Å². The highest BCUT2D eigenvalue weighted by molar-refractivity contribution is 5.39. The smallest absolute Gasteiger partial charge is 0.151 e. The van der Waals surface area contributed by atoms with Crippen LogP contribution in [0.25, 0.3) is 5.69 Å². The van der Waals surface area contributed by atoms with Crippen molar-refractivity contribution in [2.24, 2.45) is 0 Å². The van der Waals surface area contributed by atoms with E-state index in [0.29, 0.717) is 6.04 Å². The molecule has 3 heterocycles. The zero-order chi connectivity index (χ0) is 16.9. The summed E-state index contributed by atoms with van der Waals surface area (Å²) in [5.74, 6) is 0.976. The van der Waals surface area contributed by atoms with Crippen molar-refractivity contribution in [1.82, 2.24) is 30.3 Å². The van der Waals surface area contributed by atoms with Crippen molar-refractivity contribution < 1.29 is 0 Å². The van der Waals surface area contributed by atoms with E-state index in [1.807, 2.05) is 12.1 Å². The molecule has 0 radical (unpaired) electrons. The van der Waals surface area contributed by atoms with Crippen LogP contribution in [0, 0.1) is 0 Å². The Morgan fingerprint density at radius 1 is 1.16 bits per heavy atom. The van der Waals surface area contributed by atoms with Crippen LogP contribution >= 0.6 is 0 Å². The Balaban J connectivity index is 1.31. The lowest BCUT2D eigenvalue weighted by molar-refractivity contribution is 0.569. The van der Waals surface area contributed by atoms with E-state index in [2.05, 4.69) is 54.8 Å². The van der Waals surface area contributed by atoms with Gasteiger partial charge in [0.25, 0.3) is 0 Å². The minimum atomic E-state index is 0.478. The maximum absolute atomic E-state index is 4.25. The van der Waals surface area contributed by atoms with Gasteiger partial charge in [0.05, 0.1) is 5.69 Å². The lowest BCUT2D eigenvalue weighted by atomic mass is 10.2. The van der Waals surface area contributed by atoms with E-state index in [9.17, 15) is 0 Å². The first-order chi connectivity index (χ1) is 12.4. The number of hydrogen-bond donors (Lipinski definition) is 1. The molecule has 0 saturated carbocycles. The van der Waals surface area contributed by atoms with E-state index in [0.717, 1.165) is 31.1 Å². The third kappa shape index (κ3) is 3.66. The topological polar surface area (TPSA) is 71.8 Å². The van der Waals surface area contributed by atoms with E-state index in [1.165, 1.54) is 18.4 Å². The van der Waals surface area contributed by atoms with Crippen molar-refractivity contribution in [3.05, 3.63) is 60.8 Å². The summed E-state index contributed by atoms with van der Waals surface area (Å²) in [6, 6.07) is 12.8. The predicted molar refractivity (Wildman–Crippen MR) is 95.5 cm³/mol. The lowest BCUT2D eigenvalue weighted by Crippen LogP contribution is -2.38. The second kappa shape index (κ2) is 7.40. The normalized spacial score (nSPS) is 17.1. The highest BCUT2D eigenvalue weighted by Crippen LogP contribution is 2.22. The Kier molecular flexibility index (Phi) is 4.65. The van der Waals surface area contributed by atoms with Crippen LogP contribution in [0.5, 0.6) is 0 Å². The van der Waals surface area contributed by atoms with Gasteiger partial charge in [0.15, 0.2) is 5.82 Å². The van der Waals surface area contributed by atoms with Crippen LogP contribution in [-0.2, 0) is 6.54 Å². The molecule has 7 nitrogen and oxygen atoms in total. The van der Waals surface area contributed by atoms with Crippen molar-refractivity contribution in [2.45, 2.75) is 25.4 Å². The van der Waals surface area contributed by atoms with Gasteiger partial charge in [-0.3, -0.25) is 0 Å². The molecule has 7 heteroatoms. The number of anilines is 1. The molecule has 1 aliphatic rings. The Bertz CT molecular complexity index is 771. The van der Waals surface area contributed by atoms with Crippen LogP contribution < -0.4 is 10.2 Å². The van der Waals surface area contributed by atoms with Gasteiger partial charge >= 0.3 is 0 Å². The molecule has 1 N–H and O–H groups in total. The summed E-state index contributed by atoms with van der Waals surface area (Å²) < 4.78 is 1.76. The maximum Gasteiger partial charge on any atom is 0.151 e. The molecule has 0 bridgehead atoms. The fraction of sp³-hybridized carbons (Fsp3) is 0.333. The van der Waals surface area contributed by atoms with Crippen molar-refractivity contribution in [3.63, 3.8) is 0 Å². The van der Waals surface area contributed by atoms with Crippen molar-refractivity contribution in [3.8, 4) is 5.69 Å². The fourth-order valence-corrected chi connectivity index (χ4v) is 3.29. The molecular formula is C18H21N7. The number of aromatic nitrogens is 5. The third-order valence-electron chi connectivity index (χ3n) is 4.56. The molecule has 25 heavy (non-hydrogen) atoms. The summed E-state index contributed by atoms with van der Waals surface area (Å²) in [4.78, 5) is 6.33. The van der Waals surface area contributed by atoms with Crippen LogP contribution in [0.2, 0.25) is 0 Å². The van der Waals surface area contributed by atoms with Crippen molar-refractivity contribution in [2.75, 3.05) is 18.0 Å². The van der Waals surface area contributed by atoms with Gasteiger partial charge in [-0.25, -0.2) is 9.67 Å². The van der Waals surface area contributed by atoms with Crippen molar-refractivity contribution >= 4 is 5.82 Å². The number of nitrogens with zero attached hydrogens (tertiary/aromatic N) is 6. The molecule has 0 amide bonds. The molecule has 128 valence electrons. The second-order valence-corrected chi connectivity index (χ2v) is 6.21. The predicted octanol–water partition coefficient (Wildman–Crippen LogP) is 1.82. The summed E-state index contributed by atoms with van der Waals surface area (Å²) in [6.45, 7) is 2.85. The average molecular weight is 335 g/mol. The second-order valence-electron chi connectivity index (χ2n) is 6.21. The molecule has 1 saturated heterocycles. The first-order valence-corrected chi connectivity index (χ1v) is 8.59. The fourth-order valence-electron chi connectivity index (χ4n) is 3.29. The van der Waals surface area contributed by atoms with E-state index >= 15 is 0 Å². The standard InChI is InChI=1S/C18H21N7/c1-4-18(23-21-9-1)24-10-2-3-17(24)12-19-11-15-5-7-16(8-6-15)25-14-20-13-22-25/h1,4-9,13-14,17,19H,2-3,10-12H2/t17-/m0/s1. The van der Waals surface area contributed by atoms with E-state index in [4.69, 9.17) is 0 Å². The molecule has 0 spiro atoms. The molecule has 1 aromatic carbocycles. The molecule has 0 unspecified atom stereocenters. The van der Waals surface area contributed by atoms with Crippen LogP contribution in [0.4, 0.5) is 5.82 Å². The zero-order valence-corrected chi connectivity index (χ0v) is 14.0. The number of benzene rings is 1. The van der Waals surface area contributed by atoms with Gasteiger partial charge in [-0.2, -0.15) is 10.2 Å². The van der Waals surface area contributed by atoms with Crippen LogP contribution in [-0.4, -0.2) is 44.1 Å². The van der Waals surface area contributed by atoms with Gasteiger partial charge in [0.1, 0.15) is 12.7 Å². The highest BCUT2D eigenvalue weighted by Gasteiger charge is 2.25. The number of hydrogen-bond acceptors (Lipinski definition) is 6. The molecule has 2 aromatic heterocycles. The zero-order valence-electron chi connectivity index (χ0n) is 14.0. The van der Waals surface area contributed by atoms with Crippen LogP contribution in [0.15, 0.2) is 55.2 Å². The molecule has 1 atom stereocenters. The van der Waals surface area contributed by atoms with Gasteiger partial charge in [0, 0.05) is 31.9 Å². The Labute approximate surface area is 146 Å². The Morgan fingerprint density at radius 2 is 2.08 bits per heavy atom. The Morgan fingerprint density at radius 3 is 2.84 bits per heavy atom. The van der Waals surface area contributed by atoms with Gasteiger partial charge < -0.3 is 10.2 Å². The minimum absolute atomic E-state index is 0.478. The number of nitrogens with one attached hydrogen (secondary N) is 1. The van der Waals surface area contributed by atoms with E-state index < -0.39 is 0 Å². The van der Waals surface area contributed by atoms with E-state index in [-0.39, 0.29) is 0 Å². The molecular weight excluding hydrogens is 314 g/mol. The van der Waals surface area contributed by atoms with Crippen LogP contribution in [0.3, 0.4) is 0 Å². The minimum Gasteiger partial charge on any atom is -0.351 e. The summed E-state index contributed by atoms with van der Waals surface area (Å²) in [7, 11) is 0. The summed E-state index contributed by atoms with van der Waals surface area (Å²) in [5, 5.41) is 16.0. The number of rotatable bonds is 6. The molecule has 0 aliphatic carbocycles. The molecule has 1 fully saturated rings. The average Bonchev–Trinajstić information content (AvgIpc) is 3.35. The monoisotopic (exact) mass is 335 g/mol. The van der Waals surface area contributed by atoms with E-state index in [1.54, 1.807) is 23.5 Å². The quantitative estimate of drug-likeness (QED) is 0.741. The SMILES string of the molecule is c1cnnc(N2CCC[C@H]2CNCc2ccc(-n3cncn3)cc2)c1. The third-order valence-corrected chi connectivity index (χ3v) is 4.56. The highest BCUT2D eigenvalue weighted by atomic mass is 15.3. The lowest BCUT2D eigenvalue weighted by Gasteiger charge is -2.25. The first kappa shape index (κ1) is 15.7. The van der Waals surface area contributed by atoms with Gasteiger partial charge in [0.2, 0.25) is 0 Å².